The van der Waals surface area contributed by atoms with Crippen LogP contribution in [0.1, 0.15) is 38.5 Å². The average molecular weight is 193 g/mol. The fourth-order valence-electron chi connectivity index (χ4n) is 2.95. The fourth-order valence-corrected chi connectivity index (χ4v) is 2.95. The van der Waals surface area contributed by atoms with Crippen LogP contribution < -0.4 is 0 Å². The number of carbonyl (C=O) groups is 1. The van der Waals surface area contributed by atoms with Gasteiger partial charge in [-0.2, -0.15) is 5.26 Å². The standard InChI is InChI=1S/C11H15NO2/c12-7-11-5-2-1-3-8(11)10(14)9(13)4-6-11/h8,10,14H,1-6H2. The van der Waals surface area contributed by atoms with Gasteiger partial charge in [-0.3, -0.25) is 4.79 Å². The first-order chi connectivity index (χ1) is 6.69. The van der Waals surface area contributed by atoms with E-state index in [1.165, 1.54) is 0 Å². The molecule has 0 radical (unpaired) electrons. The van der Waals surface area contributed by atoms with Crippen LogP contribution in [-0.2, 0) is 4.79 Å². The number of aliphatic hydroxyl groups is 1. The summed E-state index contributed by atoms with van der Waals surface area (Å²) in [6.07, 6.45) is 3.96. The molecule has 2 fully saturated rings. The van der Waals surface area contributed by atoms with E-state index in [0.717, 1.165) is 25.7 Å². The minimum absolute atomic E-state index is 0.0669. The van der Waals surface area contributed by atoms with Crippen molar-refractivity contribution >= 4 is 5.78 Å². The first-order valence-electron chi connectivity index (χ1n) is 5.32. The molecule has 3 atom stereocenters. The first-order valence-corrected chi connectivity index (χ1v) is 5.32. The van der Waals surface area contributed by atoms with Gasteiger partial charge in [-0.25, -0.2) is 0 Å². The van der Waals surface area contributed by atoms with Gasteiger partial charge in [-0.1, -0.05) is 12.8 Å². The summed E-state index contributed by atoms with van der Waals surface area (Å²) < 4.78 is 0. The SMILES string of the molecule is N#CC12CCCCC1C(O)C(=O)CC2. The molecule has 3 heteroatoms. The van der Waals surface area contributed by atoms with E-state index in [1.54, 1.807) is 0 Å². The Bertz CT molecular complexity index is 294. The van der Waals surface area contributed by atoms with Gasteiger partial charge in [0, 0.05) is 12.3 Å². The number of carbonyl (C=O) groups excluding carboxylic acids is 1. The highest BCUT2D eigenvalue weighted by Crippen LogP contribution is 2.49. The number of nitriles is 1. The molecular formula is C11H15NO2. The van der Waals surface area contributed by atoms with Gasteiger partial charge in [-0.15, -0.1) is 0 Å². The zero-order valence-electron chi connectivity index (χ0n) is 8.20. The molecule has 0 aromatic carbocycles. The summed E-state index contributed by atoms with van der Waals surface area (Å²) >= 11 is 0. The lowest BCUT2D eigenvalue weighted by Gasteiger charge is -2.44. The maximum Gasteiger partial charge on any atom is 0.161 e. The van der Waals surface area contributed by atoms with E-state index < -0.39 is 11.5 Å². The van der Waals surface area contributed by atoms with E-state index in [1.807, 2.05) is 0 Å². The lowest BCUT2D eigenvalue weighted by molar-refractivity contribution is -0.139. The second-order valence-corrected chi connectivity index (χ2v) is 4.53. The lowest BCUT2D eigenvalue weighted by Crippen LogP contribution is -2.47. The number of rotatable bonds is 0. The lowest BCUT2D eigenvalue weighted by atomic mass is 9.59. The van der Waals surface area contributed by atoms with Gasteiger partial charge >= 0.3 is 0 Å². The number of nitrogens with zero attached hydrogens (tertiary/aromatic N) is 1. The van der Waals surface area contributed by atoms with Crippen molar-refractivity contribution in [3.63, 3.8) is 0 Å². The van der Waals surface area contributed by atoms with Crippen LogP contribution in [0.25, 0.3) is 0 Å². The Morgan fingerprint density at radius 3 is 2.93 bits per heavy atom. The summed E-state index contributed by atoms with van der Waals surface area (Å²) in [5.74, 6) is -0.162. The highest BCUT2D eigenvalue weighted by Gasteiger charge is 2.49. The van der Waals surface area contributed by atoms with Crippen molar-refractivity contribution in [3.05, 3.63) is 0 Å². The molecule has 2 rings (SSSR count). The minimum atomic E-state index is -0.872. The molecule has 0 amide bonds. The summed E-state index contributed by atoms with van der Waals surface area (Å²) in [6, 6.07) is 2.36. The molecule has 3 nitrogen and oxygen atoms in total. The zero-order valence-corrected chi connectivity index (χ0v) is 8.20. The Balaban J connectivity index is 2.28. The normalized spacial score (nSPS) is 42.7. The van der Waals surface area contributed by atoms with Gasteiger partial charge in [0.15, 0.2) is 5.78 Å². The van der Waals surface area contributed by atoms with E-state index in [0.29, 0.717) is 12.8 Å². The van der Waals surface area contributed by atoms with Gasteiger partial charge in [0.25, 0.3) is 0 Å². The molecule has 0 bridgehead atoms. The Morgan fingerprint density at radius 1 is 1.43 bits per heavy atom. The molecule has 14 heavy (non-hydrogen) atoms. The predicted molar refractivity (Wildman–Crippen MR) is 50.3 cm³/mol. The van der Waals surface area contributed by atoms with Crippen LogP contribution in [0.4, 0.5) is 0 Å². The van der Waals surface area contributed by atoms with Gasteiger partial charge in [0.1, 0.15) is 6.10 Å². The smallest absolute Gasteiger partial charge is 0.161 e. The Labute approximate surface area is 83.7 Å². The number of fused-ring (bicyclic) bond motifs is 1. The summed E-state index contributed by atoms with van der Waals surface area (Å²) in [5, 5.41) is 19.0. The van der Waals surface area contributed by atoms with E-state index in [9.17, 15) is 15.2 Å². The largest absolute Gasteiger partial charge is 0.385 e. The van der Waals surface area contributed by atoms with Crippen molar-refractivity contribution in [2.75, 3.05) is 0 Å². The third-order valence-electron chi connectivity index (χ3n) is 3.85. The Hall–Kier alpha value is -0.880. The summed E-state index contributed by atoms with van der Waals surface area (Å²) in [4.78, 5) is 11.3. The fraction of sp³-hybridized carbons (Fsp3) is 0.818. The van der Waals surface area contributed by atoms with Crippen molar-refractivity contribution < 1.29 is 9.90 Å². The topological polar surface area (TPSA) is 61.1 Å². The third-order valence-corrected chi connectivity index (χ3v) is 3.85. The van der Waals surface area contributed by atoms with Crippen molar-refractivity contribution in [1.82, 2.24) is 0 Å². The second-order valence-electron chi connectivity index (χ2n) is 4.53. The molecule has 0 aromatic heterocycles. The number of ketones is 1. The quantitative estimate of drug-likeness (QED) is 0.632. The summed E-state index contributed by atoms with van der Waals surface area (Å²) in [5.41, 5.74) is -0.397. The maximum absolute atomic E-state index is 11.3. The summed E-state index contributed by atoms with van der Waals surface area (Å²) in [6.45, 7) is 0. The molecule has 2 aliphatic rings. The second kappa shape index (κ2) is 3.36. The van der Waals surface area contributed by atoms with Crippen LogP contribution in [0, 0.1) is 22.7 Å². The highest BCUT2D eigenvalue weighted by atomic mass is 16.3. The van der Waals surface area contributed by atoms with E-state index >= 15 is 0 Å². The van der Waals surface area contributed by atoms with E-state index in [4.69, 9.17) is 0 Å². The molecule has 0 heterocycles. The van der Waals surface area contributed by atoms with Crippen LogP contribution in [0.3, 0.4) is 0 Å². The van der Waals surface area contributed by atoms with Crippen molar-refractivity contribution in [2.45, 2.75) is 44.6 Å². The molecule has 1 N–H and O–H groups in total. The number of hydrogen-bond acceptors (Lipinski definition) is 3. The van der Waals surface area contributed by atoms with Crippen LogP contribution in [0.5, 0.6) is 0 Å². The molecule has 0 aliphatic heterocycles. The average Bonchev–Trinajstić information content (AvgIpc) is 2.24. The molecule has 0 spiro atoms. The minimum Gasteiger partial charge on any atom is -0.385 e. The monoisotopic (exact) mass is 193 g/mol. The summed E-state index contributed by atoms with van der Waals surface area (Å²) in [7, 11) is 0. The number of Topliss-reactive ketones (excluding diaryl/α,β-unsaturated/α-hetero) is 1. The number of aliphatic hydroxyl groups excluding tert-OH is 1. The van der Waals surface area contributed by atoms with Gasteiger partial charge in [0.05, 0.1) is 11.5 Å². The molecule has 2 saturated carbocycles. The maximum atomic E-state index is 11.3. The van der Waals surface area contributed by atoms with Gasteiger partial charge in [-0.05, 0) is 19.3 Å². The third kappa shape index (κ3) is 1.26. The first kappa shape index (κ1) is 9.67. The number of hydrogen-bond donors (Lipinski definition) is 1. The molecule has 0 saturated heterocycles. The molecule has 3 unspecified atom stereocenters. The van der Waals surface area contributed by atoms with Crippen molar-refractivity contribution in [3.8, 4) is 6.07 Å². The van der Waals surface area contributed by atoms with Crippen molar-refractivity contribution in [1.29, 1.82) is 5.26 Å². The van der Waals surface area contributed by atoms with E-state index in [-0.39, 0.29) is 11.7 Å². The van der Waals surface area contributed by atoms with E-state index in [2.05, 4.69) is 6.07 Å². The highest BCUT2D eigenvalue weighted by molar-refractivity contribution is 5.84. The van der Waals surface area contributed by atoms with Gasteiger partial charge < -0.3 is 5.11 Å². The van der Waals surface area contributed by atoms with Crippen LogP contribution >= 0.6 is 0 Å². The van der Waals surface area contributed by atoms with Crippen LogP contribution in [0.2, 0.25) is 0 Å². The van der Waals surface area contributed by atoms with Crippen molar-refractivity contribution in [2.24, 2.45) is 11.3 Å². The Kier molecular flexibility index (Phi) is 2.32. The van der Waals surface area contributed by atoms with Crippen LogP contribution in [0.15, 0.2) is 0 Å². The molecular weight excluding hydrogens is 178 g/mol. The molecule has 76 valence electrons. The Morgan fingerprint density at radius 2 is 2.21 bits per heavy atom. The predicted octanol–water partition coefficient (Wildman–Crippen LogP) is 1.41. The van der Waals surface area contributed by atoms with Gasteiger partial charge in [0.2, 0.25) is 0 Å². The van der Waals surface area contributed by atoms with Crippen LogP contribution in [-0.4, -0.2) is 17.0 Å². The molecule has 2 aliphatic carbocycles. The molecule has 0 aromatic rings. The zero-order chi connectivity index (χ0) is 10.2.